The lowest BCUT2D eigenvalue weighted by molar-refractivity contribution is -0.141. The van der Waals surface area contributed by atoms with Gasteiger partial charge in [0.25, 0.3) is 0 Å². The van der Waals surface area contributed by atoms with Gasteiger partial charge in [-0.15, -0.1) is 0 Å². The van der Waals surface area contributed by atoms with Crippen molar-refractivity contribution in [1.29, 1.82) is 0 Å². The van der Waals surface area contributed by atoms with E-state index < -0.39 is 77.8 Å². The quantitative estimate of drug-likeness (QED) is 0.0801. The van der Waals surface area contributed by atoms with Crippen molar-refractivity contribution in [3.05, 3.63) is 59.7 Å². The van der Waals surface area contributed by atoms with Crippen LogP contribution in [-0.4, -0.2) is 95.8 Å². The standard InChI is InChI=1S/C51H77N7O8/c1-28(2)20-39(45(52)59)53-46(60)40(21-29(3)4)54-47(61)41(22-30(5)6)55-48(62)42(23-31(7)8)56-49(63)44-25-33(11)26-58(44)50(64)43(24-32(9)10)57-51(65)66-27-38-36-18-14-12-16-34(36)35-17-13-15-19-37(35)38/h12-19,28-33,38-44H,20-27H2,1-11H3,(H2,52,59)(H,53,60)(H,54,61)(H,55,62)(H,56,63)(H,57,65)/t33?,39-,40-,41-,42-,43-,44-/m0/s1. The lowest BCUT2D eigenvalue weighted by atomic mass is 9.98. The Bertz CT molecular complexity index is 1970. The van der Waals surface area contributed by atoms with Gasteiger partial charge >= 0.3 is 6.09 Å². The Morgan fingerprint density at radius 3 is 1.41 bits per heavy atom. The molecule has 2 aromatic rings. The normalized spacial score (nSPS) is 18.0. The zero-order chi connectivity index (χ0) is 49.0. The van der Waals surface area contributed by atoms with Crippen molar-refractivity contribution >= 4 is 41.5 Å². The van der Waals surface area contributed by atoms with E-state index >= 15 is 0 Å². The van der Waals surface area contributed by atoms with Crippen LogP contribution in [0.5, 0.6) is 0 Å². The summed E-state index contributed by atoms with van der Waals surface area (Å²) in [4.78, 5) is 97.6. The maximum Gasteiger partial charge on any atom is 0.407 e. The first kappa shape index (κ1) is 53.1. The fraction of sp³-hybridized carbons (Fsp3) is 0.627. The fourth-order valence-electron chi connectivity index (χ4n) is 9.12. The largest absolute Gasteiger partial charge is 0.449 e. The van der Waals surface area contributed by atoms with Crippen LogP contribution in [0.3, 0.4) is 0 Å². The van der Waals surface area contributed by atoms with Gasteiger partial charge in [-0.05, 0) is 96.3 Å². The number of ether oxygens (including phenoxy) is 1. The summed E-state index contributed by atoms with van der Waals surface area (Å²) in [6, 6.07) is 10.2. The van der Waals surface area contributed by atoms with E-state index in [0.717, 1.165) is 22.3 Å². The molecule has 1 fully saturated rings. The number of hydrogen-bond acceptors (Lipinski definition) is 8. The third-order valence-corrected chi connectivity index (χ3v) is 12.1. The van der Waals surface area contributed by atoms with E-state index in [1.54, 1.807) is 0 Å². The average Bonchev–Trinajstić information content (AvgIpc) is 3.78. The number of benzene rings is 2. The molecule has 7 amide bonds. The van der Waals surface area contributed by atoms with Crippen molar-refractivity contribution in [2.45, 2.75) is 157 Å². The molecule has 2 aliphatic rings. The van der Waals surface area contributed by atoms with Gasteiger partial charge in [-0.3, -0.25) is 28.8 Å². The van der Waals surface area contributed by atoms with Crippen LogP contribution in [0.2, 0.25) is 0 Å². The van der Waals surface area contributed by atoms with Gasteiger partial charge < -0.3 is 42.0 Å². The molecule has 1 saturated heterocycles. The molecule has 0 aromatic heterocycles. The van der Waals surface area contributed by atoms with Gasteiger partial charge in [-0.25, -0.2) is 4.79 Å². The van der Waals surface area contributed by atoms with Gasteiger partial charge in [-0.2, -0.15) is 0 Å². The summed E-state index contributed by atoms with van der Waals surface area (Å²) in [6.45, 7) is 21.5. The minimum atomic E-state index is -1.06. The van der Waals surface area contributed by atoms with Crippen LogP contribution >= 0.6 is 0 Å². The lowest BCUT2D eigenvalue weighted by Gasteiger charge is -2.31. The molecule has 15 nitrogen and oxygen atoms in total. The zero-order valence-corrected chi connectivity index (χ0v) is 41.1. The third kappa shape index (κ3) is 15.0. The SMILES string of the molecule is CC(C)C[C@H](NC(=O)[C@H](CC(C)C)NC(=O)[C@H](CC(C)C)NC(=O)[C@H](CC(C)C)NC(=O)[C@@H]1CC(C)CN1C(=O)[C@H](CC(C)C)NC(=O)OCC1c2ccccc2-c2ccccc21)C(N)=O. The van der Waals surface area contributed by atoms with E-state index in [2.05, 4.69) is 38.7 Å². The van der Waals surface area contributed by atoms with Gasteiger partial charge in [0.05, 0.1) is 0 Å². The number of hydrogen-bond donors (Lipinski definition) is 6. The molecule has 0 bridgehead atoms. The molecule has 1 heterocycles. The molecule has 1 unspecified atom stereocenters. The Morgan fingerprint density at radius 2 is 0.970 bits per heavy atom. The number of rotatable bonds is 23. The average molecular weight is 916 g/mol. The van der Waals surface area contributed by atoms with Crippen LogP contribution in [-0.2, 0) is 33.5 Å². The second-order valence-electron chi connectivity index (χ2n) is 20.7. The summed E-state index contributed by atoms with van der Waals surface area (Å²) < 4.78 is 5.82. The lowest BCUT2D eigenvalue weighted by Crippen LogP contribution is -2.60. The molecule has 364 valence electrons. The van der Waals surface area contributed by atoms with Crippen molar-refractivity contribution < 1.29 is 38.3 Å². The molecule has 1 aliphatic carbocycles. The van der Waals surface area contributed by atoms with E-state index in [9.17, 15) is 33.6 Å². The third-order valence-electron chi connectivity index (χ3n) is 12.1. The van der Waals surface area contributed by atoms with E-state index in [0.29, 0.717) is 19.3 Å². The number of nitrogens with one attached hydrogen (secondary N) is 5. The van der Waals surface area contributed by atoms with E-state index in [1.807, 2.05) is 113 Å². The second kappa shape index (κ2) is 24.3. The van der Waals surface area contributed by atoms with Gasteiger partial charge in [-0.1, -0.05) is 125 Å². The van der Waals surface area contributed by atoms with Crippen LogP contribution in [0, 0.1) is 35.5 Å². The number of fused-ring (bicyclic) bond motifs is 3. The summed E-state index contributed by atoms with van der Waals surface area (Å²) >= 11 is 0. The van der Waals surface area contributed by atoms with Crippen molar-refractivity contribution in [2.75, 3.05) is 13.2 Å². The Kier molecular flexibility index (Phi) is 19.6. The number of carbonyl (C=O) groups excluding carboxylic acids is 7. The summed E-state index contributed by atoms with van der Waals surface area (Å²) in [5.74, 6) is -3.49. The Labute approximate surface area is 392 Å². The van der Waals surface area contributed by atoms with Crippen LogP contribution in [0.4, 0.5) is 4.79 Å². The maximum absolute atomic E-state index is 14.4. The molecule has 4 rings (SSSR count). The monoisotopic (exact) mass is 916 g/mol. The minimum Gasteiger partial charge on any atom is -0.449 e. The number of alkyl carbamates (subject to hydrolysis) is 1. The summed E-state index contributed by atoms with van der Waals surface area (Å²) in [7, 11) is 0. The molecule has 0 saturated carbocycles. The number of amides is 7. The Morgan fingerprint density at radius 1 is 0.576 bits per heavy atom. The molecule has 7 N–H and O–H groups in total. The number of primary amides is 1. The van der Waals surface area contributed by atoms with Crippen LogP contribution in [0.1, 0.15) is 132 Å². The number of carbonyl (C=O) groups is 7. The van der Waals surface area contributed by atoms with Crippen LogP contribution < -0.4 is 32.3 Å². The summed E-state index contributed by atoms with van der Waals surface area (Å²) in [6.07, 6.45) is 1.01. The van der Waals surface area contributed by atoms with Crippen LogP contribution in [0.15, 0.2) is 48.5 Å². The number of likely N-dealkylation sites (tertiary alicyclic amines) is 1. The van der Waals surface area contributed by atoms with Crippen molar-refractivity contribution in [2.24, 2.45) is 41.2 Å². The predicted molar refractivity (Wildman–Crippen MR) is 255 cm³/mol. The van der Waals surface area contributed by atoms with Crippen molar-refractivity contribution in [3.63, 3.8) is 0 Å². The smallest absolute Gasteiger partial charge is 0.407 e. The van der Waals surface area contributed by atoms with E-state index in [1.165, 1.54) is 4.90 Å². The molecular weight excluding hydrogens is 839 g/mol. The second-order valence-corrected chi connectivity index (χ2v) is 20.7. The number of nitrogens with zero attached hydrogens (tertiary/aromatic N) is 1. The van der Waals surface area contributed by atoms with Gasteiger partial charge in [0.2, 0.25) is 35.4 Å². The maximum atomic E-state index is 14.4. The molecule has 0 radical (unpaired) electrons. The molecule has 66 heavy (non-hydrogen) atoms. The first-order chi connectivity index (χ1) is 31.1. The van der Waals surface area contributed by atoms with E-state index in [4.69, 9.17) is 10.5 Å². The molecular formula is C51H77N7O8. The zero-order valence-electron chi connectivity index (χ0n) is 41.1. The van der Waals surface area contributed by atoms with Gasteiger partial charge in [0.15, 0.2) is 0 Å². The highest BCUT2D eigenvalue weighted by atomic mass is 16.5. The van der Waals surface area contributed by atoms with Crippen molar-refractivity contribution in [3.8, 4) is 11.1 Å². The minimum absolute atomic E-state index is 0.00365. The first-order valence-corrected chi connectivity index (χ1v) is 24.0. The predicted octanol–water partition coefficient (Wildman–Crippen LogP) is 5.79. The highest BCUT2D eigenvalue weighted by Gasteiger charge is 2.42. The Hall–Kier alpha value is -5.47. The Balaban J connectivity index is 1.47. The molecule has 0 spiro atoms. The molecule has 15 heteroatoms. The molecule has 2 aromatic carbocycles. The van der Waals surface area contributed by atoms with Gasteiger partial charge in [0, 0.05) is 12.5 Å². The van der Waals surface area contributed by atoms with E-state index in [-0.39, 0.29) is 73.8 Å². The van der Waals surface area contributed by atoms with Crippen molar-refractivity contribution in [1.82, 2.24) is 31.5 Å². The number of nitrogens with two attached hydrogens (primary N) is 1. The first-order valence-electron chi connectivity index (χ1n) is 24.0. The highest BCUT2D eigenvalue weighted by Crippen LogP contribution is 2.44. The molecule has 1 aliphatic heterocycles. The molecule has 7 atom stereocenters. The fourth-order valence-corrected chi connectivity index (χ4v) is 9.12. The van der Waals surface area contributed by atoms with Crippen LogP contribution in [0.25, 0.3) is 11.1 Å². The summed E-state index contributed by atoms with van der Waals surface area (Å²) in [5, 5.41) is 14.1. The highest BCUT2D eigenvalue weighted by molar-refractivity contribution is 5.97. The topological polar surface area (TPSA) is 218 Å². The van der Waals surface area contributed by atoms with Gasteiger partial charge in [0.1, 0.15) is 42.9 Å². The summed E-state index contributed by atoms with van der Waals surface area (Å²) in [5.41, 5.74) is 9.93.